The number of unbranched alkanes of at least 4 members (excludes halogenated alkanes) is 34. The summed E-state index contributed by atoms with van der Waals surface area (Å²) in [6.07, 6.45) is 136. The van der Waals surface area contributed by atoms with Gasteiger partial charge in [0.1, 0.15) is 25.4 Å². The number of allylic oxidation sites excluding steroid dienone is 36. The summed E-state index contributed by atoms with van der Waals surface area (Å²) in [4.78, 5) is 59.2. The molecule has 0 aromatic rings. The standard InChI is InChI=1S/C109H180O16P2/c1-4-7-10-13-16-19-22-25-28-31-34-37-40-43-45-47-49-50-51-52-54-56-57-60-62-65-68-71-74-77-80-83-86-89-92-95-107(112)119-98-104(110)99-121-126(115,116)122-100-105(111)101-123-127(117,118)124-103-106(125-109(114)97-94-91-88-85-82-79-76-73-70-67-64-59-42-39-36-33-30-27-24-21-18-15-12-9-6-3)102-120-108(113)96-93-90-87-84-81-78-75-72-69-66-63-61-58-55-53-48-46-44-41-38-35-32-29-26-23-20-17-14-11-8-5-2/h7-12,16-21,25-30,34-39,43-46,49-50,53,55,59,64,70,73,104-106,110-111H,4-6,13-15,22-24,31-33,40-42,47-48,51-52,54,56-58,60-63,65-69,71-72,74-103H2,1-3H3,(H,115,116)(H,117,118)/b10-7-,11-8-,12-9-,19-16-,20-17-,21-18-,28-25-,29-26-,30-27-,37-34-,38-35-,39-36-,45-43-,46-44-,50-49-,55-53-,64-59-,73-70-. The van der Waals surface area contributed by atoms with Crippen LogP contribution in [0.25, 0.3) is 0 Å². The zero-order chi connectivity index (χ0) is 92.1. The van der Waals surface area contributed by atoms with Crippen LogP contribution < -0.4 is 0 Å². The van der Waals surface area contributed by atoms with E-state index in [1.807, 2.05) is 0 Å². The van der Waals surface area contributed by atoms with Crippen LogP contribution in [0.1, 0.15) is 393 Å². The van der Waals surface area contributed by atoms with E-state index in [0.717, 1.165) is 205 Å². The summed E-state index contributed by atoms with van der Waals surface area (Å²) in [5.74, 6) is -1.59. The maximum absolute atomic E-state index is 13.1. The molecule has 722 valence electrons. The number of aliphatic hydroxyl groups is 2. The Kier molecular flexibility index (Phi) is 94.1. The number of esters is 3. The largest absolute Gasteiger partial charge is 0.472 e. The Hall–Kier alpha value is -6.13. The molecule has 18 heteroatoms. The van der Waals surface area contributed by atoms with Gasteiger partial charge < -0.3 is 34.2 Å². The first-order chi connectivity index (χ1) is 62.2. The zero-order valence-electron chi connectivity index (χ0n) is 79.9. The zero-order valence-corrected chi connectivity index (χ0v) is 81.6. The van der Waals surface area contributed by atoms with Gasteiger partial charge in [-0.15, -0.1) is 0 Å². The summed E-state index contributed by atoms with van der Waals surface area (Å²) in [6.45, 7) is 2.36. The van der Waals surface area contributed by atoms with Crippen molar-refractivity contribution in [2.45, 2.75) is 411 Å². The third kappa shape index (κ3) is 100. The van der Waals surface area contributed by atoms with Crippen molar-refractivity contribution in [2.24, 2.45) is 0 Å². The van der Waals surface area contributed by atoms with Crippen LogP contribution in [0.15, 0.2) is 219 Å². The fourth-order valence-corrected chi connectivity index (χ4v) is 14.8. The Morgan fingerprint density at radius 2 is 0.394 bits per heavy atom. The van der Waals surface area contributed by atoms with E-state index in [9.17, 15) is 43.5 Å². The molecule has 0 aromatic heterocycles. The first-order valence-corrected chi connectivity index (χ1v) is 53.0. The molecule has 0 aliphatic rings. The van der Waals surface area contributed by atoms with Gasteiger partial charge in [-0.05, 0) is 173 Å². The number of carbonyl (C=O) groups excluding carboxylic acids is 3. The fraction of sp³-hybridized carbons (Fsp3) is 0.642. The van der Waals surface area contributed by atoms with Crippen LogP contribution in [0.3, 0.4) is 0 Å². The molecule has 127 heavy (non-hydrogen) atoms. The minimum Gasteiger partial charge on any atom is -0.463 e. The molecule has 0 saturated carbocycles. The number of hydrogen-bond donors (Lipinski definition) is 4. The van der Waals surface area contributed by atoms with Crippen LogP contribution in [0, 0.1) is 0 Å². The van der Waals surface area contributed by atoms with Crippen molar-refractivity contribution in [1.82, 2.24) is 0 Å². The number of rotatable bonds is 93. The van der Waals surface area contributed by atoms with E-state index in [0.29, 0.717) is 19.3 Å². The van der Waals surface area contributed by atoms with Gasteiger partial charge in [-0.2, -0.15) is 0 Å². The second-order valence-electron chi connectivity index (χ2n) is 32.8. The van der Waals surface area contributed by atoms with Gasteiger partial charge in [0.15, 0.2) is 6.10 Å². The Morgan fingerprint density at radius 1 is 0.220 bits per heavy atom. The van der Waals surface area contributed by atoms with Gasteiger partial charge in [0.2, 0.25) is 0 Å². The van der Waals surface area contributed by atoms with E-state index in [1.54, 1.807) is 0 Å². The molecule has 0 aliphatic heterocycles. The van der Waals surface area contributed by atoms with Crippen molar-refractivity contribution >= 4 is 33.6 Å². The molecule has 4 N–H and O–H groups in total. The van der Waals surface area contributed by atoms with Gasteiger partial charge in [-0.25, -0.2) is 9.13 Å². The highest BCUT2D eigenvalue weighted by molar-refractivity contribution is 7.47. The molecule has 0 saturated heterocycles. The third-order valence-corrected chi connectivity index (χ3v) is 22.6. The predicted octanol–water partition coefficient (Wildman–Crippen LogP) is 31.7. The molecule has 5 unspecified atom stereocenters. The van der Waals surface area contributed by atoms with E-state index >= 15 is 0 Å². The normalized spacial score (nSPS) is 14.6. The third-order valence-electron chi connectivity index (χ3n) is 20.7. The predicted molar refractivity (Wildman–Crippen MR) is 537 cm³/mol. The second kappa shape index (κ2) is 98.9. The topological polar surface area (TPSA) is 231 Å². The number of phosphoric acid groups is 2. The maximum Gasteiger partial charge on any atom is 0.472 e. The molecule has 0 heterocycles. The average molecular weight is 1810 g/mol. The molecule has 0 fully saturated rings. The SMILES string of the molecule is CC/C=C\C/C=C\C/C=C\C/C=C\C/C=C\C/C=C\CCCCCCCCCCCCCCCCCCC(=O)OCC(O)COP(=O)(O)OCC(O)COP(=O)(O)OCC(COC(=O)CCCCCCCCCCCCCC/C=C\C/C=C\C/C=C\C/C=C\C/C=C\C/C=C\CC)OC(=O)CCCCCCCC/C=C\C/C=C\C/C=C\C/C=C\C/C=C\C/C=C\CC. The molecule has 16 nitrogen and oxygen atoms in total. The lowest BCUT2D eigenvalue weighted by Crippen LogP contribution is -2.30. The van der Waals surface area contributed by atoms with E-state index in [1.165, 1.54) is 128 Å². The molecular formula is C109H180O16P2. The lowest BCUT2D eigenvalue weighted by atomic mass is 10.0. The Balaban J connectivity index is 4.62. The summed E-state index contributed by atoms with van der Waals surface area (Å²) in [5, 5.41) is 20.8. The molecule has 0 rings (SSSR count). The highest BCUT2D eigenvalue weighted by Crippen LogP contribution is 2.45. The lowest BCUT2D eigenvalue weighted by Gasteiger charge is -2.21. The summed E-state index contributed by atoms with van der Waals surface area (Å²) in [7, 11) is -9.83. The summed E-state index contributed by atoms with van der Waals surface area (Å²) in [6, 6.07) is 0. The van der Waals surface area contributed by atoms with Gasteiger partial charge >= 0.3 is 33.6 Å². The van der Waals surface area contributed by atoms with Gasteiger partial charge in [-0.1, -0.05) is 419 Å². The smallest absolute Gasteiger partial charge is 0.463 e. The van der Waals surface area contributed by atoms with Crippen LogP contribution in [-0.2, 0) is 55.8 Å². The minimum absolute atomic E-state index is 0.0798. The molecule has 5 atom stereocenters. The van der Waals surface area contributed by atoms with Crippen LogP contribution in [0.5, 0.6) is 0 Å². The summed E-state index contributed by atoms with van der Waals surface area (Å²) >= 11 is 0. The van der Waals surface area contributed by atoms with E-state index in [-0.39, 0.29) is 19.3 Å². The molecule has 0 aromatic carbocycles. The monoisotopic (exact) mass is 1810 g/mol. The molecule has 0 aliphatic carbocycles. The van der Waals surface area contributed by atoms with Crippen LogP contribution in [0.2, 0.25) is 0 Å². The van der Waals surface area contributed by atoms with Gasteiger partial charge in [0.25, 0.3) is 0 Å². The molecular weight excluding hydrogens is 1630 g/mol. The van der Waals surface area contributed by atoms with Crippen LogP contribution in [0.4, 0.5) is 0 Å². The Morgan fingerprint density at radius 3 is 0.622 bits per heavy atom. The molecule has 0 bridgehead atoms. The van der Waals surface area contributed by atoms with E-state index in [2.05, 4.69) is 240 Å². The Bertz CT molecular complexity index is 3190. The highest BCUT2D eigenvalue weighted by atomic mass is 31.2. The Labute approximate surface area is 774 Å². The number of hydrogen-bond acceptors (Lipinski definition) is 14. The van der Waals surface area contributed by atoms with Crippen LogP contribution >= 0.6 is 15.6 Å². The van der Waals surface area contributed by atoms with Gasteiger partial charge in [0, 0.05) is 19.3 Å². The van der Waals surface area contributed by atoms with Gasteiger partial charge in [0.05, 0.1) is 26.4 Å². The molecule has 0 radical (unpaired) electrons. The number of phosphoric ester groups is 2. The van der Waals surface area contributed by atoms with Crippen molar-refractivity contribution in [3.63, 3.8) is 0 Å². The summed E-state index contributed by atoms with van der Waals surface area (Å²) in [5.41, 5.74) is 0. The number of ether oxygens (including phenoxy) is 3. The maximum atomic E-state index is 13.1. The summed E-state index contributed by atoms with van der Waals surface area (Å²) < 4.78 is 61.6. The van der Waals surface area contributed by atoms with Crippen molar-refractivity contribution in [2.75, 3.05) is 39.6 Å². The van der Waals surface area contributed by atoms with E-state index < -0.39 is 91.5 Å². The highest BCUT2D eigenvalue weighted by Gasteiger charge is 2.30. The average Bonchev–Trinajstić information content (AvgIpc) is 0.899. The van der Waals surface area contributed by atoms with Crippen LogP contribution in [-0.4, -0.2) is 95.9 Å². The first-order valence-electron chi connectivity index (χ1n) is 50.0. The van der Waals surface area contributed by atoms with Crippen molar-refractivity contribution in [3.05, 3.63) is 219 Å². The number of carbonyl (C=O) groups is 3. The quantitative estimate of drug-likeness (QED) is 0.0146. The van der Waals surface area contributed by atoms with Crippen molar-refractivity contribution in [3.8, 4) is 0 Å². The fourth-order valence-electron chi connectivity index (χ4n) is 13.2. The van der Waals surface area contributed by atoms with Crippen molar-refractivity contribution in [1.29, 1.82) is 0 Å². The van der Waals surface area contributed by atoms with Gasteiger partial charge in [-0.3, -0.25) is 32.5 Å². The molecule has 0 spiro atoms. The van der Waals surface area contributed by atoms with E-state index in [4.69, 9.17) is 32.3 Å². The molecule has 0 amide bonds. The van der Waals surface area contributed by atoms with Crippen molar-refractivity contribution < 1.29 is 75.8 Å². The number of aliphatic hydroxyl groups excluding tert-OH is 2. The lowest BCUT2D eigenvalue weighted by molar-refractivity contribution is -0.161. The second-order valence-corrected chi connectivity index (χ2v) is 35.7. The first kappa shape index (κ1) is 121. The minimum atomic E-state index is -4.96.